The minimum atomic E-state index is -0.985. The van der Waals surface area contributed by atoms with E-state index in [-0.39, 0.29) is 30.0 Å². The summed E-state index contributed by atoms with van der Waals surface area (Å²) in [6.07, 6.45) is 7.16. The second-order valence-electron chi connectivity index (χ2n) is 9.89. The van der Waals surface area contributed by atoms with Crippen molar-refractivity contribution in [2.45, 2.75) is 56.9 Å². The number of hydrogen-bond acceptors (Lipinski definition) is 5. The van der Waals surface area contributed by atoms with E-state index in [2.05, 4.69) is 9.97 Å². The highest BCUT2D eigenvalue weighted by Gasteiger charge is 2.53. The summed E-state index contributed by atoms with van der Waals surface area (Å²) in [7, 11) is 0. The fraction of sp³-hybridized carbons (Fsp3) is 0.500. The molecule has 2 heterocycles. The van der Waals surface area contributed by atoms with Crippen molar-refractivity contribution in [3.63, 3.8) is 0 Å². The lowest BCUT2D eigenvalue weighted by atomic mass is 9.49. The van der Waals surface area contributed by atoms with E-state index < -0.39 is 5.97 Å². The zero-order valence-electron chi connectivity index (χ0n) is 17.8. The maximum Gasteiger partial charge on any atom is 0.306 e. The molecule has 0 saturated heterocycles. The number of aliphatic carboxylic acids is 1. The molecule has 166 valence electrons. The van der Waals surface area contributed by atoms with Crippen molar-refractivity contribution in [2.75, 3.05) is 0 Å². The van der Waals surface area contributed by atoms with E-state index in [1.54, 1.807) is 12.1 Å². The number of carboxylic acids is 1. The van der Waals surface area contributed by atoms with Crippen molar-refractivity contribution in [1.82, 2.24) is 19.5 Å². The molecule has 0 spiro atoms. The number of nitrogens with one attached hydrogen (secondary N) is 1. The van der Waals surface area contributed by atoms with E-state index in [0.29, 0.717) is 16.9 Å². The highest BCUT2D eigenvalue weighted by atomic mass is 16.5. The number of imidazole rings is 1. The fourth-order valence-corrected chi connectivity index (χ4v) is 6.70. The summed E-state index contributed by atoms with van der Waals surface area (Å²) in [5.41, 5.74) is 0.347. The zero-order valence-corrected chi connectivity index (χ0v) is 17.8. The number of carbonyl (C=O) groups is 1. The Morgan fingerprint density at radius 2 is 1.75 bits per heavy atom. The second kappa shape index (κ2) is 7.18. The lowest BCUT2D eigenvalue weighted by molar-refractivity contribution is -0.137. The lowest BCUT2D eigenvalue weighted by Gasteiger charge is -2.55. The van der Waals surface area contributed by atoms with Gasteiger partial charge in [0.2, 0.25) is 0 Å². The summed E-state index contributed by atoms with van der Waals surface area (Å²) < 4.78 is 7.19. The Bertz CT molecular complexity index is 1210. The molecule has 32 heavy (non-hydrogen) atoms. The third kappa shape index (κ3) is 3.20. The molecule has 0 unspecified atom stereocenters. The zero-order chi connectivity index (χ0) is 21.9. The molecule has 0 aliphatic heterocycles. The molecule has 4 fully saturated rings. The van der Waals surface area contributed by atoms with Gasteiger partial charge in [0.05, 0.1) is 6.42 Å². The van der Waals surface area contributed by atoms with Gasteiger partial charge in [0.25, 0.3) is 5.56 Å². The van der Waals surface area contributed by atoms with Crippen LogP contribution in [0.1, 0.15) is 50.8 Å². The monoisotopic (exact) mass is 434 g/mol. The van der Waals surface area contributed by atoms with Crippen molar-refractivity contribution in [1.29, 1.82) is 0 Å². The van der Waals surface area contributed by atoms with Gasteiger partial charge in [-0.05, 0) is 68.4 Å². The minimum Gasteiger partial charge on any atom is -0.481 e. The first-order valence-corrected chi connectivity index (χ1v) is 11.4. The van der Waals surface area contributed by atoms with Crippen molar-refractivity contribution in [3.8, 4) is 11.8 Å². The molecule has 4 saturated carbocycles. The summed E-state index contributed by atoms with van der Waals surface area (Å²) >= 11 is 0. The van der Waals surface area contributed by atoms with Crippen LogP contribution in [0.2, 0.25) is 0 Å². The highest BCUT2D eigenvalue weighted by molar-refractivity contribution is 5.70. The lowest BCUT2D eigenvalue weighted by Crippen LogP contribution is -2.49. The Morgan fingerprint density at radius 1 is 1.09 bits per heavy atom. The Balaban J connectivity index is 1.44. The van der Waals surface area contributed by atoms with E-state index in [1.165, 1.54) is 23.8 Å². The Kier molecular flexibility index (Phi) is 4.38. The van der Waals surface area contributed by atoms with Crippen LogP contribution < -0.4 is 10.3 Å². The van der Waals surface area contributed by atoms with E-state index >= 15 is 0 Å². The first kappa shape index (κ1) is 19.5. The average molecular weight is 434 g/mol. The van der Waals surface area contributed by atoms with Crippen molar-refractivity contribution in [2.24, 2.45) is 17.8 Å². The van der Waals surface area contributed by atoms with Gasteiger partial charge in [0, 0.05) is 12.0 Å². The van der Waals surface area contributed by atoms with Crippen molar-refractivity contribution in [3.05, 3.63) is 46.5 Å². The molecule has 0 radical (unpaired) electrons. The van der Waals surface area contributed by atoms with Gasteiger partial charge in [-0.25, -0.2) is 4.98 Å². The molecular weight excluding hydrogens is 408 g/mol. The van der Waals surface area contributed by atoms with Crippen LogP contribution >= 0.6 is 0 Å². The Hall–Kier alpha value is -3.16. The number of fused-ring (bicyclic) bond motifs is 1. The first-order chi connectivity index (χ1) is 15.5. The minimum absolute atomic E-state index is 0.00817. The third-order valence-electron chi connectivity index (χ3n) is 7.62. The van der Waals surface area contributed by atoms with Crippen LogP contribution in [0.5, 0.6) is 11.8 Å². The smallest absolute Gasteiger partial charge is 0.306 e. The van der Waals surface area contributed by atoms with Crippen LogP contribution in [0, 0.1) is 17.8 Å². The van der Waals surface area contributed by atoms with Gasteiger partial charge in [-0.2, -0.15) is 4.98 Å². The van der Waals surface area contributed by atoms with Gasteiger partial charge in [0.15, 0.2) is 11.2 Å². The molecule has 0 amide bonds. The number of para-hydroxylation sites is 1. The molecule has 3 aromatic rings. The van der Waals surface area contributed by atoms with Crippen LogP contribution in [-0.4, -0.2) is 30.6 Å². The molecule has 4 bridgehead atoms. The number of aromatic nitrogens is 4. The number of ether oxygens (including phenoxy) is 1. The van der Waals surface area contributed by atoms with Gasteiger partial charge >= 0.3 is 12.0 Å². The maximum absolute atomic E-state index is 13.4. The number of carboxylic acid groups (broad SMARTS) is 1. The first-order valence-electron chi connectivity index (χ1n) is 11.4. The second-order valence-corrected chi connectivity index (χ2v) is 9.89. The molecule has 7 rings (SSSR count). The van der Waals surface area contributed by atoms with Gasteiger partial charge in [-0.1, -0.05) is 18.2 Å². The normalized spacial score (nSPS) is 28.3. The van der Waals surface area contributed by atoms with Gasteiger partial charge in [-0.3, -0.25) is 14.2 Å². The predicted octanol–water partition coefficient (Wildman–Crippen LogP) is 3.85. The Labute approximate surface area is 184 Å². The summed E-state index contributed by atoms with van der Waals surface area (Å²) in [6.45, 7) is -0.0228. The number of nitrogens with zero attached hydrogens (tertiary/aromatic N) is 3. The SMILES string of the molecule is O=C(O)CCn1c(Oc2ccccc2)nc2nc(C34CC5CC(CC(C5)C3)C4)[nH]c2c1=O. The Morgan fingerprint density at radius 3 is 2.38 bits per heavy atom. The van der Waals surface area contributed by atoms with Crippen LogP contribution in [0.25, 0.3) is 11.2 Å². The average Bonchev–Trinajstić information content (AvgIpc) is 3.18. The van der Waals surface area contributed by atoms with Gasteiger partial charge < -0.3 is 14.8 Å². The molecule has 8 heteroatoms. The van der Waals surface area contributed by atoms with Crippen LogP contribution in [0.4, 0.5) is 0 Å². The topological polar surface area (TPSA) is 110 Å². The summed E-state index contributed by atoms with van der Waals surface area (Å²) in [5, 5.41) is 9.16. The quantitative estimate of drug-likeness (QED) is 0.610. The number of hydrogen-bond donors (Lipinski definition) is 2. The van der Waals surface area contributed by atoms with Crippen LogP contribution in [0.3, 0.4) is 0 Å². The van der Waals surface area contributed by atoms with Crippen LogP contribution in [0.15, 0.2) is 35.1 Å². The van der Waals surface area contributed by atoms with Gasteiger partial charge in [-0.15, -0.1) is 0 Å². The maximum atomic E-state index is 13.4. The van der Waals surface area contributed by atoms with E-state index in [0.717, 1.165) is 42.8 Å². The molecule has 2 N–H and O–H groups in total. The number of benzene rings is 1. The van der Waals surface area contributed by atoms with Crippen molar-refractivity contribution < 1.29 is 14.6 Å². The predicted molar refractivity (Wildman–Crippen MR) is 117 cm³/mol. The molecule has 4 aliphatic rings. The molecule has 0 atom stereocenters. The van der Waals surface area contributed by atoms with Crippen molar-refractivity contribution >= 4 is 17.1 Å². The molecular formula is C24H26N4O4. The molecule has 2 aromatic heterocycles. The highest BCUT2D eigenvalue weighted by Crippen LogP contribution is 2.60. The molecule has 1 aromatic carbocycles. The fourth-order valence-electron chi connectivity index (χ4n) is 6.70. The van der Waals surface area contributed by atoms with E-state index in [4.69, 9.17) is 14.8 Å². The van der Waals surface area contributed by atoms with E-state index in [9.17, 15) is 9.59 Å². The number of H-pyrrole nitrogens is 1. The molecule has 8 nitrogen and oxygen atoms in total. The number of rotatable bonds is 6. The summed E-state index contributed by atoms with van der Waals surface area (Å²) in [5.74, 6) is 2.68. The third-order valence-corrected chi connectivity index (χ3v) is 7.62. The largest absolute Gasteiger partial charge is 0.481 e. The van der Waals surface area contributed by atoms with Gasteiger partial charge in [0.1, 0.15) is 11.6 Å². The molecule has 4 aliphatic carbocycles. The number of aromatic amines is 1. The standard InChI is InChI=1S/C24H26N4O4/c29-18(30)6-7-28-21(31)19-20(27-23(28)32-17-4-2-1-3-5-17)26-22(25-19)24-11-14-8-15(12-24)10-16(9-14)13-24/h1-5,14-16H,6-13H2,(H,25,26)(H,29,30). The summed E-state index contributed by atoms with van der Waals surface area (Å²) in [4.78, 5) is 37.3. The van der Waals surface area contributed by atoms with E-state index in [1.807, 2.05) is 18.2 Å². The summed E-state index contributed by atoms with van der Waals surface area (Å²) in [6, 6.07) is 9.12. The van der Waals surface area contributed by atoms with Crippen LogP contribution in [-0.2, 0) is 16.8 Å².